The van der Waals surface area contributed by atoms with Crippen LogP contribution >= 0.6 is 0 Å². The highest BCUT2D eigenvalue weighted by molar-refractivity contribution is 7.89. The van der Waals surface area contributed by atoms with Gasteiger partial charge in [-0.2, -0.15) is 4.31 Å². The summed E-state index contributed by atoms with van der Waals surface area (Å²) in [5, 5.41) is 5.04. The minimum absolute atomic E-state index is 0.134. The van der Waals surface area contributed by atoms with Gasteiger partial charge in [0.1, 0.15) is 0 Å². The first-order valence-corrected chi connectivity index (χ1v) is 11.2. The minimum atomic E-state index is -3.60. The summed E-state index contributed by atoms with van der Waals surface area (Å²) in [5.74, 6) is -0.506. The maximum Gasteiger partial charge on any atom is 0.243 e. The molecule has 6 heteroatoms. The van der Waals surface area contributed by atoms with E-state index >= 15 is 0 Å². The fraction of sp³-hybridized carbons (Fsp3) is 0.261. The van der Waals surface area contributed by atoms with Crippen LogP contribution in [0.4, 0.5) is 5.69 Å². The summed E-state index contributed by atoms with van der Waals surface area (Å²) in [4.78, 5) is 13.2. The van der Waals surface area contributed by atoms with Crippen molar-refractivity contribution in [1.29, 1.82) is 0 Å². The third-order valence-corrected chi connectivity index (χ3v) is 7.34. The number of sulfonamides is 1. The van der Waals surface area contributed by atoms with Gasteiger partial charge in [-0.05, 0) is 43.4 Å². The normalized spacial score (nSPS) is 17.9. The van der Waals surface area contributed by atoms with Crippen molar-refractivity contribution in [2.75, 3.05) is 18.4 Å². The largest absolute Gasteiger partial charge is 0.325 e. The molecule has 1 aliphatic rings. The Morgan fingerprint density at radius 1 is 1.00 bits per heavy atom. The molecule has 1 heterocycles. The number of carbonyl (C=O) groups excluding carboxylic acids is 1. The summed E-state index contributed by atoms with van der Waals surface area (Å²) in [7, 11) is -3.60. The van der Waals surface area contributed by atoms with Crippen molar-refractivity contribution in [2.24, 2.45) is 5.92 Å². The van der Waals surface area contributed by atoms with Gasteiger partial charge in [-0.1, -0.05) is 54.1 Å². The summed E-state index contributed by atoms with van der Waals surface area (Å²) in [5.41, 5.74) is 1.77. The molecule has 1 aliphatic heterocycles. The summed E-state index contributed by atoms with van der Waals surface area (Å²) >= 11 is 0. The summed E-state index contributed by atoms with van der Waals surface area (Å²) in [6.45, 7) is 2.56. The van der Waals surface area contributed by atoms with E-state index < -0.39 is 10.0 Å². The standard InChI is InChI=1S/C23H24N2O3S/c1-17-11-13-20(14-12-17)29(27,28)25-15-5-8-19(16-25)23(26)24-22-10-4-7-18-6-2-3-9-21(18)22/h2-4,6-7,9-14,19H,5,8,15-16H2,1H3,(H,24,26)/t19-/m0/s1. The Labute approximate surface area is 171 Å². The molecule has 1 saturated heterocycles. The van der Waals surface area contributed by atoms with Gasteiger partial charge in [-0.3, -0.25) is 4.79 Å². The Morgan fingerprint density at radius 3 is 2.52 bits per heavy atom. The highest BCUT2D eigenvalue weighted by Gasteiger charge is 2.33. The molecule has 0 radical (unpaired) electrons. The molecule has 0 saturated carbocycles. The summed E-state index contributed by atoms with van der Waals surface area (Å²) < 4.78 is 27.4. The second-order valence-corrected chi connectivity index (χ2v) is 9.47. The van der Waals surface area contributed by atoms with E-state index in [1.54, 1.807) is 24.3 Å². The number of benzene rings is 3. The number of hydrogen-bond acceptors (Lipinski definition) is 3. The smallest absolute Gasteiger partial charge is 0.243 e. The molecule has 3 aromatic rings. The van der Waals surface area contributed by atoms with Gasteiger partial charge in [-0.15, -0.1) is 0 Å². The van der Waals surface area contributed by atoms with Gasteiger partial charge < -0.3 is 5.32 Å². The number of anilines is 1. The lowest BCUT2D eigenvalue weighted by molar-refractivity contribution is -0.120. The van der Waals surface area contributed by atoms with Crippen LogP contribution in [0.2, 0.25) is 0 Å². The fourth-order valence-electron chi connectivity index (χ4n) is 3.80. The zero-order valence-corrected chi connectivity index (χ0v) is 17.2. The highest BCUT2D eigenvalue weighted by Crippen LogP contribution is 2.27. The van der Waals surface area contributed by atoms with Crippen LogP contribution in [0.5, 0.6) is 0 Å². The van der Waals surface area contributed by atoms with Gasteiger partial charge in [0.15, 0.2) is 0 Å². The number of nitrogens with one attached hydrogen (secondary N) is 1. The first-order chi connectivity index (χ1) is 13.9. The lowest BCUT2D eigenvalue weighted by Crippen LogP contribution is -2.43. The molecule has 4 rings (SSSR count). The van der Waals surface area contributed by atoms with E-state index in [1.165, 1.54) is 4.31 Å². The van der Waals surface area contributed by atoms with Crippen LogP contribution in [-0.2, 0) is 14.8 Å². The quantitative estimate of drug-likeness (QED) is 0.704. The van der Waals surface area contributed by atoms with Gasteiger partial charge >= 0.3 is 0 Å². The molecule has 0 aromatic heterocycles. The first kappa shape index (κ1) is 19.6. The maximum absolute atomic E-state index is 13.0. The fourth-order valence-corrected chi connectivity index (χ4v) is 5.33. The number of aryl methyl sites for hydroxylation is 1. The zero-order chi connectivity index (χ0) is 20.4. The van der Waals surface area contributed by atoms with Crippen LogP contribution in [0.1, 0.15) is 18.4 Å². The number of hydrogen-bond donors (Lipinski definition) is 1. The molecule has 150 valence electrons. The minimum Gasteiger partial charge on any atom is -0.325 e. The SMILES string of the molecule is Cc1ccc(S(=O)(=O)N2CCC[C@H](C(=O)Nc3cccc4ccccc34)C2)cc1. The van der Waals surface area contributed by atoms with E-state index in [1.807, 2.05) is 49.4 Å². The van der Waals surface area contributed by atoms with Crippen LogP contribution in [0.3, 0.4) is 0 Å². The summed E-state index contributed by atoms with van der Waals surface area (Å²) in [6.07, 6.45) is 1.34. The van der Waals surface area contributed by atoms with Gasteiger partial charge in [0.25, 0.3) is 0 Å². The van der Waals surface area contributed by atoms with Crippen molar-refractivity contribution < 1.29 is 13.2 Å². The molecular weight excluding hydrogens is 384 g/mol. The second kappa shape index (κ2) is 7.97. The summed E-state index contributed by atoms with van der Waals surface area (Å²) in [6, 6.07) is 20.5. The van der Waals surface area contributed by atoms with Crippen LogP contribution in [0.25, 0.3) is 10.8 Å². The van der Waals surface area contributed by atoms with Crippen LogP contribution in [-0.4, -0.2) is 31.7 Å². The second-order valence-electron chi connectivity index (χ2n) is 7.53. The lowest BCUT2D eigenvalue weighted by atomic mass is 9.98. The van der Waals surface area contributed by atoms with Gasteiger partial charge in [0.2, 0.25) is 15.9 Å². The number of fused-ring (bicyclic) bond motifs is 1. The Kier molecular flexibility index (Phi) is 5.39. The van der Waals surface area contributed by atoms with Crippen molar-refractivity contribution in [1.82, 2.24) is 4.31 Å². The van der Waals surface area contributed by atoms with Crippen molar-refractivity contribution in [3.05, 3.63) is 72.3 Å². The predicted octanol–water partition coefficient (Wildman–Crippen LogP) is 4.19. The number of rotatable bonds is 4. The number of amides is 1. The molecule has 0 spiro atoms. The molecular formula is C23H24N2O3S. The molecule has 0 bridgehead atoms. The Morgan fingerprint density at radius 2 is 1.72 bits per heavy atom. The third-order valence-electron chi connectivity index (χ3n) is 5.46. The lowest BCUT2D eigenvalue weighted by Gasteiger charge is -2.31. The molecule has 0 aliphatic carbocycles. The van der Waals surface area contributed by atoms with Crippen molar-refractivity contribution in [3.8, 4) is 0 Å². The van der Waals surface area contributed by atoms with E-state index in [2.05, 4.69) is 5.32 Å². The third kappa shape index (κ3) is 4.04. The van der Waals surface area contributed by atoms with Gasteiger partial charge in [0.05, 0.1) is 10.8 Å². The van der Waals surface area contributed by atoms with E-state index in [-0.39, 0.29) is 23.3 Å². The Bertz CT molecular complexity index is 1140. The molecule has 1 amide bonds. The topological polar surface area (TPSA) is 66.5 Å². The Balaban J connectivity index is 1.52. The molecule has 0 unspecified atom stereocenters. The van der Waals surface area contributed by atoms with E-state index in [0.717, 1.165) is 22.0 Å². The predicted molar refractivity (Wildman–Crippen MR) is 115 cm³/mol. The number of carbonyl (C=O) groups is 1. The van der Waals surface area contributed by atoms with Gasteiger partial charge in [0, 0.05) is 24.2 Å². The molecule has 1 atom stereocenters. The average Bonchev–Trinajstić information content (AvgIpc) is 2.74. The van der Waals surface area contributed by atoms with Crippen molar-refractivity contribution in [3.63, 3.8) is 0 Å². The first-order valence-electron chi connectivity index (χ1n) is 9.80. The van der Waals surface area contributed by atoms with Crippen LogP contribution < -0.4 is 5.32 Å². The van der Waals surface area contributed by atoms with Gasteiger partial charge in [-0.25, -0.2) is 8.42 Å². The maximum atomic E-state index is 13.0. The highest BCUT2D eigenvalue weighted by atomic mass is 32.2. The Hall–Kier alpha value is -2.70. The number of nitrogens with zero attached hydrogens (tertiary/aromatic N) is 1. The molecule has 1 N–H and O–H groups in total. The monoisotopic (exact) mass is 408 g/mol. The van der Waals surface area contributed by atoms with Crippen LogP contribution in [0, 0.1) is 12.8 Å². The van der Waals surface area contributed by atoms with E-state index in [9.17, 15) is 13.2 Å². The van der Waals surface area contributed by atoms with E-state index in [0.29, 0.717) is 19.4 Å². The molecule has 3 aromatic carbocycles. The average molecular weight is 409 g/mol. The van der Waals surface area contributed by atoms with Crippen LogP contribution in [0.15, 0.2) is 71.6 Å². The molecule has 1 fully saturated rings. The van der Waals surface area contributed by atoms with Crippen molar-refractivity contribution >= 4 is 32.4 Å². The number of piperidine rings is 1. The zero-order valence-electron chi connectivity index (χ0n) is 16.3. The molecule has 29 heavy (non-hydrogen) atoms. The van der Waals surface area contributed by atoms with Crippen molar-refractivity contribution in [2.45, 2.75) is 24.7 Å². The van der Waals surface area contributed by atoms with E-state index in [4.69, 9.17) is 0 Å². The molecule has 5 nitrogen and oxygen atoms in total.